The number of amides is 1. The van der Waals surface area contributed by atoms with Crippen LogP contribution in [-0.2, 0) is 34.0 Å². The summed E-state index contributed by atoms with van der Waals surface area (Å²) >= 11 is 0. The zero-order chi connectivity index (χ0) is 32.2. The number of aliphatic hydroxyl groups is 1. The number of aliphatic hydroxyl groups excluding tert-OH is 1. The van der Waals surface area contributed by atoms with E-state index in [1.807, 2.05) is 18.9 Å². The number of alkyl halides is 3. The smallest absolute Gasteiger partial charge is 0.416 e. The van der Waals surface area contributed by atoms with Gasteiger partial charge in [0.1, 0.15) is 17.7 Å². The van der Waals surface area contributed by atoms with Crippen molar-refractivity contribution in [2.45, 2.75) is 50.0 Å². The fourth-order valence-electron chi connectivity index (χ4n) is 5.02. The number of likely N-dealkylation sites (N-methyl/N-ethyl adjacent to an activating group) is 1. The molecule has 1 aliphatic rings. The van der Waals surface area contributed by atoms with E-state index in [4.69, 9.17) is 4.74 Å². The van der Waals surface area contributed by atoms with Crippen LogP contribution >= 0.6 is 0 Å². The van der Waals surface area contributed by atoms with Gasteiger partial charge in [-0.1, -0.05) is 19.1 Å². The van der Waals surface area contributed by atoms with Crippen LogP contribution in [0.1, 0.15) is 30.5 Å². The number of nitrogens with one attached hydrogen (secondary N) is 1. The zero-order valence-corrected chi connectivity index (χ0v) is 25.3. The van der Waals surface area contributed by atoms with Gasteiger partial charge in [0.05, 0.1) is 29.5 Å². The van der Waals surface area contributed by atoms with E-state index in [-0.39, 0.29) is 42.0 Å². The molecule has 3 atom stereocenters. The minimum absolute atomic E-state index is 0.118. The van der Waals surface area contributed by atoms with Gasteiger partial charge in [0.2, 0.25) is 5.91 Å². The second-order valence-electron chi connectivity index (χ2n) is 11.2. The van der Waals surface area contributed by atoms with E-state index in [0.29, 0.717) is 30.0 Å². The fraction of sp³-hybridized carbons (Fsp3) is 0.387. The summed E-state index contributed by atoms with van der Waals surface area (Å²) in [5.41, 5.74) is 0.555. The third-order valence-electron chi connectivity index (χ3n) is 7.52. The third-order valence-corrected chi connectivity index (χ3v) is 8.92. The average Bonchev–Trinajstić information content (AvgIpc) is 3.00. The molecule has 0 aromatic heterocycles. The Balaban J connectivity index is 1.60. The molecule has 0 radical (unpaired) electrons. The summed E-state index contributed by atoms with van der Waals surface area (Å²) in [6.07, 6.45) is -5.02. The van der Waals surface area contributed by atoms with Gasteiger partial charge < -0.3 is 14.7 Å². The number of rotatable bonds is 9. The molecule has 0 fully saturated rings. The van der Waals surface area contributed by atoms with Crippen molar-refractivity contribution in [3.63, 3.8) is 0 Å². The lowest BCUT2D eigenvalue weighted by molar-refractivity contribution is -0.137. The Labute approximate surface area is 254 Å². The molecule has 238 valence electrons. The standard InChI is InChI=1S/C31H35F4N3O5S/c1-20-16-38(21(2)19-39)30(40)15-23-14-26(36-44(41,42)27-11-8-25(32)9-12-27)10-13-28(23)43-29(20)18-37(3)17-22-4-6-24(7-5-22)31(33,34)35/h4-14,20-21,29,36,39H,15-19H2,1-3H3/t20-,21-,29+/m0/s1. The Kier molecular flexibility index (Phi) is 10.2. The Morgan fingerprint density at radius 2 is 1.75 bits per heavy atom. The monoisotopic (exact) mass is 637 g/mol. The maximum Gasteiger partial charge on any atom is 0.416 e. The Hall–Kier alpha value is -3.68. The maximum atomic E-state index is 13.4. The van der Waals surface area contributed by atoms with Gasteiger partial charge in [-0.15, -0.1) is 0 Å². The molecule has 1 aliphatic heterocycles. The predicted octanol–water partition coefficient (Wildman–Crippen LogP) is 4.93. The lowest BCUT2D eigenvalue weighted by Crippen LogP contribution is -2.47. The van der Waals surface area contributed by atoms with Gasteiger partial charge >= 0.3 is 6.18 Å². The van der Waals surface area contributed by atoms with E-state index in [1.165, 1.54) is 24.3 Å². The Bertz CT molecular complexity index is 1550. The zero-order valence-electron chi connectivity index (χ0n) is 24.5. The summed E-state index contributed by atoms with van der Waals surface area (Å²) < 4.78 is 87.0. The number of anilines is 1. The van der Waals surface area contributed by atoms with Crippen molar-refractivity contribution in [2.24, 2.45) is 5.92 Å². The van der Waals surface area contributed by atoms with E-state index in [1.54, 1.807) is 17.9 Å². The van der Waals surface area contributed by atoms with Crippen LogP contribution in [0, 0.1) is 11.7 Å². The number of halogens is 4. The summed E-state index contributed by atoms with van der Waals surface area (Å²) in [5.74, 6) is -0.695. The molecular weight excluding hydrogens is 602 g/mol. The highest BCUT2D eigenvalue weighted by molar-refractivity contribution is 7.92. The molecule has 4 rings (SSSR count). The summed E-state index contributed by atoms with van der Waals surface area (Å²) in [7, 11) is -2.24. The van der Waals surface area contributed by atoms with Crippen LogP contribution in [-0.4, -0.2) is 68.1 Å². The Morgan fingerprint density at radius 3 is 2.36 bits per heavy atom. The van der Waals surface area contributed by atoms with Crippen molar-refractivity contribution in [1.29, 1.82) is 0 Å². The van der Waals surface area contributed by atoms with Crippen LogP contribution in [0.25, 0.3) is 0 Å². The number of hydrogen-bond donors (Lipinski definition) is 2. The molecule has 13 heteroatoms. The average molecular weight is 638 g/mol. The number of fused-ring (bicyclic) bond motifs is 1. The first-order valence-electron chi connectivity index (χ1n) is 14.0. The minimum atomic E-state index is -4.42. The lowest BCUT2D eigenvalue weighted by atomic mass is 10.0. The molecule has 8 nitrogen and oxygen atoms in total. The minimum Gasteiger partial charge on any atom is -0.488 e. The quantitative estimate of drug-likeness (QED) is 0.323. The molecule has 3 aromatic carbocycles. The van der Waals surface area contributed by atoms with Crippen molar-refractivity contribution in [1.82, 2.24) is 9.80 Å². The van der Waals surface area contributed by atoms with Gasteiger partial charge in [-0.05, 0) is 74.1 Å². The summed E-state index contributed by atoms with van der Waals surface area (Å²) in [6.45, 7) is 4.35. The van der Waals surface area contributed by atoms with Gasteiger partial charge in [0.15, 0.2) is 0 Å². The molecule has 0 spiro atoms. The lowest BCUT2D eigenvalue weighted by Gasteiger charge is -2.34. The normalized spacial score (nSPS) is 18.6. The molecule has 0 saturated carbocycles. The highest BCUT2D eigenvalue weighted by atomic mass is 32.2. The third kappa shape index (κ3) is 8.27. The molecule has 1 amide bonds. The fourth-order valence-corrected chi connectivity index (χ4v) is 6.07. The van der Waals surface area contributed by atoms with Crippen molar-refractivity contribution in [2.75, 3.05) is 31.5 Å². The summed E-state index contributed by atoms with van der Waals surface area (Å²) in [6, 6.07) is 13.4. The van der Waals surface area contributed by atoms with E-state index in [9.17, 15) is 35.9 Å². The van der Waals surface area contributed by atoms with Crippen molar-refractivity contribution in [3.05, 3.63) is 89.2 Å². The molecule has 0 saturated heterocycles. The van der Waals surface area contributed by atoms with Gasteiger partial charge in [0.25, 0.3) is 10.0 Å². The first kappa shape index (κ1) is 33.2. The Morgan fingerprint density at radius 1 is 1.09 bits per heavy atom. The van der Waals surface area contributed by atoms with Crippen LogP contribution in [0.5, 0.6) is 5.75 Å². The molecule has 0 aliphatic carbocycles. The molecular formula is C31H35F4N3O5S. The molecule has 0 unspecified atom stereocenters. The number of hydrogen-bond acceptors (Lipinski definition) is 6. The first-order valence-corrected chi connectivity index (χ1v) is 15.5. The summed E-state index contributed by atoms with van der Waals surface area (Å²) in [4.78, 5) is 16.8. The van der Waals surface area contributed by atoms with E-state index in [0.717, 1.165) is 36.4 Å². The summed E-state index contributed by atoms with van der Waals surface area (Å²) in [5, 5.41) is 9.86. The van der Waals surface area contributed by atoms with Gasteiger partial charge in [-0.2, -0.15) is 13.2 Å². The van der Waals surface area contributed by atoms with E-state index < -0.39 is 39.7 Å². The number of carbonyl (C=O) groups is 1. The number of benzene rings is 3. The van der Waals surface area contributed by atoms with Crippen LogP contribution < -0.4 is 9.46 Å². The number of carbonyl (C=O) groups excluding carboxylic acids is 1. The van der Waals surface area contributed by atoms with Gasteiger partial charge in [0, 0.05) is 36.8 Å². The molecule has 0 bridgehead atoms. The number of ether oxygens (including phenoxy) is 1. The van der Waals surface area contributed by atoms with Crippen LogP contribution in [0.3, 0.4) is 0 Å². The highest BCUT2D eigenvalue weighted by Gasteiger charge is 2.32. The number of nitrogens with zero attached hydrogens (tertiary/aromatic N) is 2. The topological polar surface area (TPSA) is 99.2 Å². The van der Waals surface area contributed by atoms with Crippen molar-refractivity contribution < 1.29 is 40.6 Å². The SMILES string of the molecule is C[C@H]1CN([C@@H](C)CO)C(=O)Cc2cc(NS(=O)(=O)c3ccc(F)cc3)ccc2O[C@@H]1CN(C)Cc1ccc(C(F)(F)F)cc1. The second-order valence-corrected chi connectivity index (χ2v) is 12.8. The maximum absolute atomic E-state index is 13.4. The van der Waals surface area contributed by atoms with Crippen molar-refractivity contribution >= 4 is 21.6 Å². The second kappa shape index (κ2) is 13.5. The van der Waals surface area contributed by atoms with Gasteiger partial charge in [-0.25, -0.2) is 12.8 Å². The predicted molar refractivity (Wildman–Crippen MR) is 157 cm³/mol. The number of sulfonamides is 1. The largest absolute Gasteiger partial charge is 0.488 e. The van der Waals surface area contributed by atoms with E-state index >= 15 is 0 Å². The van der Waals surface area contributed by atoms with Crippen LogP contribution in [0.4, 0.5) is 23.2 Å². The van der Waals surface area contributed by atoms with Gasteiger partial charge in [-0.3, -0.25) is 14.4 Å². The molecule has 3 aromatic rings. The molecule has 1 heterocycles. The van der Waals surface area contributed by atoms with Crippen LogP contribution in [0.2, 0.25) is 0 Å². The first-order chi connectivity index (χ1) is 20.7. The van der Waals surface area contributed by atoms with Crippen LogP contribution in [0.15, 0.2) is 71.6 Å². The van der Waals surface area contributed by atoms with E-state index in [2.05, 4.69) is 4.72 Å². The molecule has 2 N–H and O–H groups in total. The van der Waals surface area contributed by atoms with Crippen molar-refractivity contribution in [3.8, 4) is 5.75 Å². The molecule has 44 heavy (non-hydrogen) atoms. The highest BCUT2D eigenvalue weighted by Crippen LogP contribution is 2.31.